The molecule has 0 bridgehead atoms. The van der Waals surface area contributed by atoms with Crippen LogP contribution in [0.3, 0.4) is 0 Å². The Morgan fingerprint density at radius 3 is 2.32 bits per heavy atom. The second-order valence-electron chi connectivity index (χ2n) is 10.7. The van der Waals surface area contributed by atoms with Gasteiger partial charge in [-0.05, 0) is 98.9 Å². The van der Waals surface area contributed by atoms with E-state index in [1.807, 2.05) is 80.9 Å². The molecule has 200 valence electrons. The molecule has 0 radical (unpaired) electrons. The molecular formula is C30H35N3O4S. The third-order valence-corrected chi connectivity index (χ3v) is 7.24. The summed E-state index contributed by atoms with van der Waals surface area (Å²) in [7, 11) is 0. The van der Waals surface area contributed by atoms with Crippen LogP contribution < -0.4 is 10.6 Å². The third kappa shape index (κ3) is 7.22. The van der Waals surface area contributed by atoms with Gasteiger partial charge in [-0.25, -0.2) is 4.79 Å². The van der Waals surface area contributed by atoms with Crippen molar-refractivity contribution in [3.05, 3.63) is 76.0 Å². The van der Waals surface area contributed by atoms with Gasteiger partial charge in [0.05, 0.1) is 5.56 Å². The van der Waals surface area contributed by atoms with Gasteiger partial charge in [0.15, 0.2) is 0 Å². The summed E-state index contributed by atoms with van der Waals surface area (Å²) in [5, 5.41) is 9.70. The Morgan fingerprint density at radius 2 is 1.68 bits per heavy atom. The molecule has 0 unspecified atom stereocenters. The molecule has 0 aliphatic carbocycles. The minimum absolute atomic E-state index is 0.111. The number of hydrogen-bond acceptors (Lipinski definition) is 5. The highest BCUT2D eigenvalue weighted by atomic mass is 32.1. The normalized spacial score (nSPS) is 14.2. The Bertz CT molecular complexity index is 1270. The first-order valence-electron chi connectivity index (χ1n) is 12.9. The average molecular weight is 534 g/mol. The number of piperidine rings is 1. The van der Waals surface area contributed by atoms with Crippen LogP contribution in [0.4, 0.5) is 10.5 Å². The van der Waals surface area contributed by atoms with Gasteiger partial charge in [0, 0.05) is 36.3 Å². The van der Waals surface area contributed by atoms with E-state index in [0.29, 0.717) is 36.7 Å². The van der Waals surface area contributed by atoms with Crippen molar-refractivity contribution in [2.45, 2.75) is 46.1 Å². The molecule has 1 aliphatic heterocycles. The standard InChI is InChI=1S/C30H35N3O4S/c1-20-5-10-25(32-28(35)24-13-16-38-19-24)17-26(20)22-6-8-23(9-7-22)27(34)31-18-21-11-14-33(15-12-21)29(36)37-30(2,3)4/h5-10,13,16-17,19,21H,11-12,14-15,18H2,1-4H3,(H,31,34)(H,32,35). The van der Waals surface area contributed by atoms with Gasteiger partial charge in [0.1, 0.15) is 5.60 Å². The first-order valence-corrected chi connectivity index (χ1v) is 13.8. The monoisotopic (exact) mass is 533 g/mol. The van der Waals surface area contributed by atoms with Gasteiger partial charge in [-0.2, -0.15) is 11.3 Å². The molecule has 1 fully saturated rings. The number of rotatable bonds is 6. The number of thiophene rings is 1. The largest absolute Gasteiger partial charge is 0.444 e. The molecule has 2 heterocycles. The highest BCUT2D eigenvalue weighted by Crippen LogP contribution is 2.27. The number of anilines is 1. The lowest BCUT2D eigenvalue weighted by molar-refractivity contribution is 0.0183. The molecule has 2 aromatic carbocycles. The second-order valence-corrected chi connectivity index (χ2v) is 11.5. The number of carbonyl (C=O) groups is 3. The number of aryl methyl sites for hydroxylation is 1. The fraction of sp³-hybridized carbons (Fsp3) is 0.367. The summed E-state index contributed by atoms with van der Waals surface area (Å²) < 4.78 is 5.46. The molecule has 3 amide bonds. The number of carbonyl (C=O) groups excluding carboxylic acids is 3. The predicted octanol–water partition coefficient (Wildman–Crippen LogP) is 6.35. The molecule has 2 N–H and O–H groups in total. The number of amides is 3. The van der Waals surface area contributed by atoms with Crippen LogP contribution in [-0.2, 0) is 4.74 Å². The van der Waals surface area contributed by atoms with Gasteiger partial charge in [-0.3, -0.25) is 9.59 Å². The lowest BCUT2D eigenvalue weighted by Gasteiger charge is -2.33. The van der Waals surface area contributed by atoms with Crippen molar-refractivity contribution in [3.8, 4) is 11.1 Å². The summed E-state index contributed by atoms with van der Waals surface area (Å²) in [4.78, 5) is 39.2. The summed E-state index contributed by atoms with van der Waals surface area (Å²) in [6, 6.07) is 15.1. The number of hydrogen-bond donors (Lipinski definition) is 2. The second kappa shape index (κ2) is 11.8. The summed E-state index contributed by atoms with van der Waals surface area (Å²) in [6.45, 7) is 9.47. The zero-order valence-electron chi connectivity index (χ0n) is 22.4. The van der Waals surface area contributed by atoms with Crippen molar-refractivity contribution in [2.75, 3.05) is 25.0 Å². The average Bonchev–Trinajstić information content (AvgIpc) is 3.43. The van der Waals surface area contributed by atoms with E-state index < -0.39 is 5.60 Å². The van der Waals surface area contributed by atoms with Crippen LogP contribution in [0.2, 0.25) is 0 Å². The molecule has 0 saturated carbocycles. The molecule has 1 aliphatic rings. The third-order valence-electron chi connectivity index (χ3n) is 6.55. The maximum absolute atomic E-state index is 12.8. The van der Waals surface area contributed by atoms with E-state index in [4.69, 9.17) is 4.74 Å². The Kier molecular flexibility index (Phi) is 8.52. The highest BCUT2D eigenvalue weighted by Gasteiger charge is 2.27. The fourth-order valence-corrected chi connectivity index (χ4v) is 5.03. The van der Waals surface area contributed by atoms with Gasteiger partial charge in [0.25, 0.3) is 11.8 Å². The van der Waals surface area contributed by atoms with E-state index in [1.54, 1.807) is 11.0 Å². The maximum atomic E-state index is 12.8. The number of nitrogens with one attached hydrogen (secondary N) is 2. The predicted molar refractivity (Wildman–Crippen MR) is 152 cm³/mol. The van der Waals surface area contributed by atoms with E-state index in [1.165, 1.54) is 11.3 Å². The molecular weight excluding hydrogens is 498 g/mol. The summed E-state index contributed by atoms with van der Waals surface area (Å²) in [5.74, 6) is 0.0785. The van der Waals surface area contributed by atoms with Crippen LogP contribution in [0.1, 0.15) is 59.9 Å². The van der Waals surface area contributed by atoms with Crippen molar-refractivity contribution in [2.24, 2.45) is 5.92 Å². The lowest BCUT2D eigenvalue weighted by atomic mass is 9.96. The Morgan fingerprint density at radius 1 is 0.974 bits per heavy atom. The zero-order valence-corrected chi connectivity index (χ0v) is 23.2. The van der Waals surface area contributed by atoms with Crippen molar-refractivity contribution in [1.82, 2.24) is 10.2 Å². The molecule has 4 rings (SSSR count). The van der Waals surface area contributed by atoms with Crippen LogP contribution >= 0.6 is 11.3 Å². The molecule has 38 heavy (non-hydrogen) atoms. The quantitative estimate of drug-likeness (QED) is 0.386. The van der Waals surface area contributed by atoms with E-state index in [-0.39, 0.29) is 17.9 Å². The number of ether oxygens (including phenoxy) is 1. The Balaban J connectivity index is 1.30. The summed E-state index contributed by atoms with van der Waals surface area (Å²) >= 11 is 1.49. The molecule has 8 heteroatoms. The molecule has 1 saturated heterocycles. The van der Waals surface area contributed by atoms with Gasteiger partial charge in [0.2, 0.25) is 0 Å². The minimum atomic E-state index is -0.501. The van der Waals surface area contributed by atoms with Crippen LogP contribution in [0.25, 0.3) is 11.1 Å². The Hall–Kier alpha value is -3.65. The van der Waals surface area contributed by atoms with Crippen molar-refractivity contribution >= 4 is 34.9 Å². The summed E-state index contributed by atoms with van der Waals surface area (Å²) in [5.41, 5.74) is 4.51. The van der Waals surface area contributed by atoms with Crippen molar-refractivity contribution in [3.63, 3.8) is 0 Å². The SMILES string of the molecule is Cc1ccc(NC(=O)c2ccsc2)cc1-c1ccc(C(=O)NCC2CCN(C(=O)OC(C)(C)C)CC2)cc1. The molecule has 0 spiro atoms. The minimum Gasteiger partial charge on any atom is -0.444 e. The molecule has 3 aromatic rings. The van der Waals surface area contributed by atoms with E-state index in [2.05, 4.69) is 10.6 Å². The topological polar surface area (TPSA) is 87.7 Å². The van der Waals surface area contributed by atoms with Crippen LogP contribution in [0, 0.1) is 12.8 Å². The molecule has 0 atom stereocenters. The lowest BCUT2D eigenvalue weighted by Crippen LogP contribution is -2.43. The number of likely N-dealkylation sites (tertiary alicyclic amines) is 1. The number of benzene rings is 2. The van der Waals surface area contributed by atoms with Crippen molar-refractivity contribution < 1.29 is 19.1 Å². The van der Waals surface area contributed by atoms with Crippen molar-refractivity contribution in [1.29, 1.82) is 0 Å². The molecule has 7 nitrogen and oxygen atoms in total. The maximum Gasteiger partial charge on any atom is 0.410 e. The first-order chi connectivity index (χ1) is 18.1. The van der Waals surface area contributed by atoms with Gasteiger partial charge in [-0.1, -0.05) is 18.2 Å². The van der Waals surface area contributed by atoms with Crippen LogP contribution in [0.5, 0.6) is 0 Å². The van der Waals surface area contributed by atoms with Gasteiger partial charge >= 0.3 is 6.09 Å². The Labute approximate surface area is 228 Å². The fourth-order valence-electron chi connectivity index (χ4n) is 4.39. The van der Waals surface area contributed by atoms with E-state index in [0.717, 1.165) is 35.2 Å². The van der Waals surface area contributed by atoms with Crippen LogP contribution in [-0.4, -0.2) is 48.0 Å². The smallest absolute Gasteiger partial charge is 0.410 e. The van der Waals surface area contributed by atoms with E-state index >= 15 is 0 Å². The first kappa shape index (κ1) is 27.4. The van der Waals surface area contributed by atoms with Crippen LogP contribution in [0.15, 0.2) is 59.3 Å². The zero-order chi connectivity index (χ0) is 27.3. The van der Waals surface area contributed by atoms with Gasteiger partial charge in [-0.15, -0.1) is 0 Å². The van der Waals surface area contributed by atoms with E-state index in [9.17, 15) is 14.4 Å². The van der Waals surface area contributed by atoms with Gasteiger partial charge < -0.3 is 20.3 Å². The highest BCUT2D eigenvalue weighted by molar-refractivity contribution is 7.08. The number of nitrogens with zero attached hydrogens (tertiary/aromatic N) is 1. The summed E-state index contributed by atoms with van der Waals surface area (Å²) in [6.07, 6.45) is 1.39. The molecule has 1 aromatic heterocycles.